The van der Waals surface area contributed by atoms with Gasteiger partial charge in [0.1, 0.15) is 4.75 Å². The monoisotopic (exact) mass is 302 g/mol. The van der Waals surface area contributed by atoms with Gasteiger partial charge in [-0.3, -0.25) is 9.59 Å². The third kappa shape index (κ3) is 7.93. The summed E-state index contributed by atoms with van der Waals surface area (Å²) in [7, 11) is 0. The molecule has 0 amide bonds. The standard InChI is InChI=1S/C16H30O3S/c1-5-8-9-10-11-12-13-16(4,15(18)19-7-3)20-14(17)6-2/h5-13H2,1-4H3/t16-/m1/s1. The third-order valence-electron chi connectivity index (χ3n) is 3.34. The van der Waals surface area contributed by atoms with E-state index >= 15 is 0 Å². The van der Waals surface area contributed by atoms with Gasteiger partial charge in [-0.05, 0) is 20.3 Å². The van der Waals surface area contributed by atoms with Crippen LogP contribution in [0.25, 0.3) is 0 Å². The first-order chi connectivity index (χ1) is 9.50. The Morgan fingerprint density at radius 1 is 1.00 bits per heavy atom. The molecule has 0 bridgehead atoms. The zero-order valence-electron chi connectivity index (χ0n) is 13.5. The molecule has 0 saturated heterocycles. The number of ether oxygens (including phenoxy) is 1. The maximum Gasteiger partial charge on any atom is 0.322 e. The molecule has 0 heterocycles. The van der Waals surface area contributed by atoms with Gasteiger partial charge in [-0.1, -0.05) is 64.1 Å². The van der Waals surface area contributed by atoms with E-state index in [9.17, 15) is 9.59 Å². The summed E-state index contributed by atoms with van der Waals surface area (Å²) in [6, 6.07) is 0. The quantitative estimate of drug-likeness (QED) is 0.409. The van der Waals surface area contributed by atoms with Crippen LogP contribution in [0, 0.1) is 0 Å². The molecule has 0 aliphatic carbocycles. The van der Waals surface area contributed by atoms with Crippen LogP contribution < -0.4 is 0 Å². The van der Waals surface area contributed by atoms with Crippen LogP contribution in [0.1, 0.15) is 79.1 Å². The largest absolute Gasteiger partial charge is 0.465 e. The summed E-state index contributed by atoms with van der Waals surface area (Å²) in [4.78, 5) is 23.8. The van der Waals surface area contributed by atoms with Crippen molar-refractivity contribution in [3.63, 3.8) is 0 Å². The molecule has 0 aliphatic heterocycles. The van der Waals surface area contributed by atoms with Crippen molar-refractivity contribution in [2.24, 2.45) is 0 Å². The number of hydrogen-bond acceptors (Lipinski definition) is 4. The maximum absolute atomic E-state index is 12.1. The van der Waals surface area contributed by atoms with E-state index in [0.717, 1.165) is 24.6 Å². The summed E-state index contributed by atoms with van der Waals surface area (Å²) in [5.41, 5.74) is 0. The zero-order chi connectivity index (χ0) is 15.4. The molecule has 0 aromatic rings. The summed E-state index contributed by atoms with van der Waals surface area (Å²) >= 11 is 1.15. The summed E-state index contributed by atoms with van der Waals surface area (Å²) in [6.45, 7) is 8.03. The molecule has 20 heavy (non-hydrogen) atoms. The van der Waals surface area contributed by atoms with Crippen molar-refractivity contribution in [2.45, 2.75) is 83.8 Å². The summed E-state index contributed by atoms with van der Waals surface area (Å²) < 4.78 is 4.42. The Bertz CT molecular complexity index is 291. The third-order valence-corrected chi connectivity index (χ3v) is 4.68. The minimum absolute atomic E-state index is 0.0616. The van der Waals surface area contributed by atoms with Crippen LogP contribution in [0.15, 0.2) is 0 Å². The topological polar surface area (TPSA) is 43.4 Å². The molecule has 3 nitrogen and oxygen atoms in total. The Morgan fingerprint density at radius 2 is 1.60 bits per heavy atom. The van der Waals surface area contributed by atoms with Crippen LogP contribution in [-0.2, 0) is 14.3 Å². The van der Waals surface area contributed by atoms with Crippen LogP contribution in [0.4, 0.5) is 0 Å². The Hall–Kier alpha value is -0.510. The minimum Gasteiger partial charge on any atom is -0.465 e. The number of rotatable bonds is 11. The van der Waals surface area contributed by atoms with E-state index < -0.39 is 4.75 Å². The Labute approximate surface area is 128 Å². The fourth-order valence-corrected chi connectivity index (χ4v) is 3.08. The van der Waals surface area contributed by atoms with Gasteiger partial charge in [-0.2, -0.15) is 0 Å². The minimum atomic E-state index is -0.714. The number of carbonyl (C=O) groups is 2. The normalized spacial score (nSPS) is 13.8. The molecule has 0 unspecified atom stereocenters. The lowest BCUT2D eigenvalue weighted by Gasteiger charge is -2.25. The van der Waals surface area contributed by atoms with E-state index in [1.807, 2.05) is 13.8 Å². The molecule has 0 rings (SSSR count). The highest BCUT2D eigenvalue weighted by molar-refractivity contribution is 8.15. The molecule has 0 aromatic carbocycles. The lowest BCUT2D eigenvalue weighted by molar-refractivity contribution is -0.146. The molecule has 1 atom stereocenters. The van der Waals surface area contributed by atoms with Gasteiger partial charge in [0.05, 0.1) is 6.61 Å². The van der Waals surface area contributed by atoms with E-state index in [1.54, 1.807) is 6.92 Å². The fourth-order valence-electron chi connectivity index (χ4n) is 2.04. The second kappa shape index (κ2) is 11.2. The van der Waals surface area contributed by atoms with Gasteiger partial charge in [-0.25, -0.2) is 0 Å². The predicted octanol–water partition coefficient (Wildman–Crippen LogP) is 4.73. The number of hydrogen-bond donors (Lipinski definition) is 0. The first-order valence-corrected chi connectivity index (χ1v) is 8.70. The lowest BCUT2D eigenvalue weighted by atomic mass is 10.0. The van der Waals surface area contributed by atoms with Gasteiger partial charge in [-0.15, -0.1) is 0 Å². The summed E-state index contributed by atoms with van der Waals surface area (Å²) in [5.74, 6) is -0.250. The Morgan fingerprint density at radius 3 is 2.15 bits per heavy atom. The molecule has 0 fully saturated rings. The van der Waals surface area contributed by atoms with Crippen molar-refractivity contribution in [3.8, 4) is 0 Å². The molecule has 4 heteroatoms. The molecule has 0 radical (unpaired) electrons. The highest BCUT2D eigenvalue weighted by atomic mass is 32.2. The van der Waals surface area contributed by atoms with Crippen molar-refractivity contribution < 1.29 is 14.3 Å². The Kier molecular flexibility index (Phi) is 10.9. The van der Waals surface area contributed by atoms with Crippen molar-refractivity contribution in [3.05, 3.63) is 0 Å². The van der Waals surface area contributed by atoms with Gasteiger partial charge < -0.3 is 4.74 Å². The van der Waals surface area contributed by atoms with Gasteiger partial charge in [0.15, 0.2) is 5.12 Å². The molecule has 118 valence electrons. The first-order valence-electron chi connectivity index (χ1n) is 7.89. The van der Waals surface area contributed by atoms with Gasteiger partial charge >= 0.3 is 5.97 Å². The second-order valence-electron chi connectivity index (χ2n) is 5.30. The average molecular weight is 302 g/mol. The smallest absolute Gasteiger partial charge is 0.322 e. The maximum atomic E-state index is 12.1. The molecule has 0 spiro atoms. The number of esters is 1. The van der Waals surface area contributed by atoms with E-state index in [-0.39, 0.29) is 11.1 Å². The molecular formula is C16H30O3S. The number of thioether (sulfide) groups is 1. The lowest BCUT2D eigenvalue weighted by Crippen LogP contribution is -2.35. The first kappa shape index (κ1) is 19.5. The van der Waals surface area contributed by atoms with E-state index in [1.165, 1.54) is 25.7 Å². The van der Waals surface area contributed by atoms with E-state index in [2.05, 4.69) is 6.92 Å². The van der Waals surface area contributed by atoms with Gasteiger partial charge in [0, 0.05) is 6.42 Å². The van der Waals surface area contributed by atoms with Crippen LogP contribution in [0.2, 0.25) is 0 Å². The van der Waals surface area contributed by atoms with Crippen LogP contribution in [-0.4, -0.2) is 22.4 Å². The van der Waals surface area contributed by atoms with Crippen molar-refractivity contribution >= 4 is 22.8 Å². The molecule has 0 aromatic heterocycles. The van der Waals surface area contributed by atoms with Crippen LogP contribution in [0.5, 0.6) is 0 Å². The number of unbranched alkanes of at least 4 members (excludes halogenated alkanes) is 5. The summed E-state index contributed by atoms with van der Waals surface area (Å²) in [6.07, 6.45) is 8.25. The Balaban J connectivity index is 4.31. The molecule has 0 N–H and O–H groups in total. The van der Waals surface area contributed by atoms with Gasteiger partial charge in [0.2, 0.25) is 0 Å². The molecule has 0 saturated carbocycles. The van der Waals surface area contributed by atoms with Crippen molar-refractivity contribution in [1.82, 2.24) is 0 Å². The van der Waals surface area contributed by atoms with Crippen LogP contribution in [0.3, 0.4) is 0 Å². The van der Waals surface area contributed by atoms with Crippen molar-refractivity contribution in [2.75, 3.05) is 6.61 Å². The van der Waals surface area contributed by atoms with Crippen molar-refractivity contribution in [1.29, 1.82) is 0 Å². The molecular weight excluding hydrogens is 272 g/mol. The highest BCUT2D eigenvalue weighted by Gasteiger charge is 2.37. The van der Waals surface area contributed by atoms with E-state index in [4.69, 9.17) is 4.74 Å². The second-order valence-corrected chi connectivity index (χ2v) is 6.86. The predicted molar refractivity (Wildman–Crippen MR) is 85.9 cm³/mol. The van der Waals surface area contributed by atoms with Crippen LogP contribution >= 0.6 is 11.8 Å². The number of carbonyl (C=O) groups excluding carboxylic acids is 2. The average Bonchev–Trinajstić information content (AvgIpc) is 2.42. The van der Waals surface area contributed by atoms with Gasteiger partial charge in [0.25, 0.3) is 0 Å². The van der Waals surface area contributed by atoms with E-state index in [0.29, 0.717) is 19.4 Å². The zero-order valence-corrected chi connectivity index (χ0v) is 14.3. The SMILES string of the molecule is CCCCCCCC[C@@](C)(SC(=O)CC)C(=O)OCC. The summed E-state index contributed by atoms with van der Waals surface area (Å²) in [5, 5.41) is 0.0616. The molecule has 0 aliphatic rings. The fraction of sp³-hybridized carbons (Fsp3) is 0.875. The highest BCUT2D eigenvalue weighted by Crippen LogP contribution is 2.33.